The van der Waals surface area contributed by atoms with E-state index in [2.05, 4.69) is 5.32 Å². The minimum absolute atomic E-state index is 0.0191. The van der Waals surface area contributed by atoms with Crippen LogP contribution in [0.3, 0.4) is 0 Å². The van der Waals surface area contributed by atoms with Crippen molar-refractivity contribution in [2.45, 2.75) is 43.5 Å². The first-order valence-corrected chi connectivity index (χ1v) is 13.1. The lowest BCUT2D eigenvalue weighted by atomic mass is 9.93. The Balaban J connectivity index is 1.70. The van der Waals surface area contributed by atoms with Gasteiger partial charge in [0, 0.05) is 42.5 Å². The number of ketones is 1. The maximum Gasteiger partial charge on any atom is 0.327 e. The summed E-state index contributed by atoms with van der Waals surface area (Å²) < 4.78 is 14.6. The summed E-state index contributed by atoms with van der Waals surface area (Å²) in [6.07, 6.45) is 4.45. The summed E-state index contributed by atoms with van der Waals surface area (Å²) in [5.41, 5.74) is 1.17. The van der Waals surface area contributed by atoms with E-state index in [0.29, 0.717) is 31.4 Å². The zero-order valence-electron chi connectivity index (χ0n) is 18.2. The van der Waals surface area contributed by atoms with Crippen molar-refractivity contribution < 1.29 is 28.7 Å². The number of piperidine rings is 1. The van der Waals surface area contributed by atoms with Gasteiger partial charge in [-0.3, -0.25) is 19.3 Å². The van der Waals surface area contributed by atoms with Crippen LogP contribution in [0.15, 0.2) is 35.9 Å². The third kappa shape index (κ3) is 6.91. The van der Waals surface area contributed by atoms with Gasteiger partial charge in [0.25, 0.3) is 0 Å². The van der Waals surface area contributed by atoms with Gasteiger partial charge in [-0.1, -0.05) is 39.8 Å². The van der Waals surface area contributed by atoms with Gasteiger partial charge in [-0.2, -0.15) is 0 Å². The quantitative estimate of drug-likeness (QED) is 0.275. The van der Waals surface area contributed by atoms with Gasteiger partial charge in [-0.15, -0.1) is 0 Å². The van der Waals surface area contributed by atoms with Crippen LogP contribution in [0.4, 0.5) is 4.39 Å². The summed E-state index contributed by atoms with van der Waals surface area (Å²) in [7, 11) is 2.76. The molecule has 1 aliphatic carbocycles. The summed E-state index contributed by atoms with van der Waals surface area (Å²) >= 11 is 0. The van der Waals surface area contributed by atoms with Gasteiger partial charge >= 0.3 is 5.97 Å². The normalized spacial score (nSPS) is 21.9. The lowest BCUT2D eigenvalue weighted by Crippen LogP contribution is -2.43. The van der Waals surface area contributed by atoms with Crippen LogP contribution >= 0.6 is 21.6 Å². The highest BCUT2D eigenvalue weighted by atomic mass is 33.1. The summed E-state index contributed by atoms with van der Waals surface area (Å²) in [5, 5.41) is 11.6. The van der Waals surface area contributed by atoms with E-state index in [1.54, 1.807) is 18.2 Å². The number of carbonyl (C=O) groups excluding carboxylic acids is 3. The number of rotatable bonds is 11. The Labute approximate surface area is 199 Å². The molecule has 0 bridgehead atoms. The molecule has 7 nitrogen and oxygen atoms in total. The molecule has 1 aromatic rings. The second kappa shape index (κ2) is 11.8. The fourth-order valence-corrected chi connectivity index (χ4v) is 6.77. The number of nitrogens with one attached hydrogen (secondary N) is 1. The van der Waals surface area contributed by atoms with E-state index in [-0.39, 0.29) is 22.7 Å². The van der Waals surface area contributed by atoms with Crippen LogP contribution in [0, 0.1) is 11.7 Å². The number of amides is 1. The molecule has 178 valence electrons. The van der Waals surface area contributed by atoms with Gasteiger partial charge in [0.05, 0.1) is 6.04 Å². The number of nitrogens with zero attached hydrogens (tertiary/aromatic N) is 1. The minimum Gasteiger partial charge on any atom is -0.480 e. The largest absolute Gasteiger partial charge is 0.480 e. The van der Waals surface area contributed by atoms with Crippen molar-refractivity contribution in [2.24, 2.45) is 5.92 Å². The molecule has 1 saturated heterocycles. The van der Waals surface area contributed by atoms with Crippen LogP contribution in [0.2, 0.25) is 0 Å². The molecular weight excluding hydrogens is 467 g/mol. The standard InChI is InChI=1S/C23H27FN2O5S2/c1-14(28)25-19(23(30)31)13-32-33-20-8-10-26(12-16(20)9-11-27)21(22(29)15-6-7-15)17-4-2-3-5-18(17)24/h2-5,9,11,15,19-21H,6-8,10,12-13H2,1H3,(H,25,28)(H,30,31)/b16-9-/t19-,20?,21?/m0/s1. The Hall–Kier alpha value is -2.17. The topological polar surface area (TPSA) is 104 Å². The number of aliphatic carboxylic acids is 1. The van der Waals surface area contributed by atoms with Crippen molar-refractivity contribution in [3.05, 3.63) is 47.3 Å². The summed E-state index contributed by atoms with van der Waals surface area (Å²) in [6.45, 7) is 2.16. The highest BCUT2D eigenvalue weighted by molar-refractivity contribution is 8.77. The summed E-state index contributed by atoms with van der Waals surface area (Å²) in [4.78, 5) is 48.9. The van der Waals surface area contributed by atoms with Crippen molar-refractivity contribution in [1.82, 2.24) is 10.2 Å². The second-order valence-electron chi connectivity index (χ2n) is 8.20. The van der Waals surface area contributed by atoms with Gasteiger partial charge in [0.1, 0.15) is 18.1 Å². The number of hydrogen-bond acceptors (Lipinski definition) is 7. The molecular formula is C23H27FN2O5S2. The molecule has 1 saturated carbocycles. The van der Waals surface area contributed by atoms with Gasteiger partial charge < -0.3 is 10.4 Å². The molecule has 2 aliphatic rings. The first-order chi connectivity index (χ1) is 15.8. The van der Waals surface area contributed by atoms with Crippen molar-refractivity contribution in [2.75, 3.05) is 18.8 Å². The first kappa shape index (κ1) is 25.5. The predicted molar refractivity (Wildman–Crippen MR) is 126 cm³/mol. The molecule has 2 N–H and O–H groups in total. The van der Waals surface area contributed by atoms with Crippen LogP contribution in [-0.4, -0.2) is 64.1 Å². The Morgan fingerprint density at radius 3 is 2.61 bits per heavy atom. The fourth-order valence-electron chi connectivity index (χ4n) is 3.89. The van der Waals surface area contributed by atoms with E-state index < -0.39 is 29.8 Å². The minimum atomic E-state index is -1.11. The van der Waals surface area contributed by atoms with Crippen LogP contribution in [-0.2, 0) is 19.2 Å². The molecule has 1 heterocycles. The molecule has 1 aliphatic heterocycles. The lowest BCUT2D eigenvalue weighted by molar-refractivity contribution is -0.140. The van der Waals surface area contributed by atoms with Crippen molar-refractivity contribution >= 4 is 45.5 Å². The number of carboxylic acids is 1. The Kier molecular flexibility index (Phi) is 9.10. The Morgan fingerprint density at radius 2 is 2.00 bits per heavy atom. The number of hydrogen-bond donors (Lipinski definition) is 2. The molecule has 33 heavy (non-hydrogen) atoms. The van der Waals surface area contributed by atoms with E-state index in [0.717, 1.165) is 18.4 Å². The monoisotopic (exact) mass is 494 g/mol. The molecule has 0 aromatic heterocycles. The SMILES string of the molecule is CC(=O)N[C@@H](CSSC1CCN(C(C(=O)C2CC2)c2ccccc2F)C/C1=C/C=O)C(=O)O. The average molecular weight is 495 g/mol. The Morgan fingerprint density at radius 1 is 1.27 bits per heavy atom. The summed E-state index contributed by atoms with van der Waals surface area (Å²) in [6, 6.07) is 4.64. The number of likely N-dealkylation sites (tertiary alicyclic amines) is 1. The lowest BCUT2D eigenvalue weighted by Gasteiger charge is -2.38. The van der Waals surface area contributed by atoms with E-state index >= 15 is 0 Å². The van der Waals surface area contributed by atoms with Crippen molar-refractivity contribution in [3.63, 3.8) is 0 Å². The van der Waals surface area contributed by atoms with Gasteiger partial charge in [-0.25, -0.2) is 9.18 Å². The third-order valence-corrected chi connectivity index (χ3v) is 8.56. The molecule has 2 unspecified atom stereocenters. The van der Waals surface area contributed by atoms with Crippen molar-refractivity contribution in [3.8, 4) is 0 Å². The maximum atomic E-state index is 14.6. The average Bonchev–Trinajstić information content (AvgIpc) is 3.61. The maximum absolute atomic E-state index is 14.6. The predicted octanol–water partition coefficient (Wildman–Crippen LogP) is 3.02. The van der Waals surface area contributed by atoms with Crippen LogP contribution < -0.4 is 5.32 Å². The second-order valence-corrected chi connectivity index (χ2v) is 10.8. The molecule has 10 heteroatoms. The van der Waals surface area contributed by atoms with Crippen LogP contribution in [0.1, 0.15) is 37.8 Å². The van der Waals surface area contributed by atoms with Gasteiger partial charge in [0.15, 0.2) is 5.78 Å². The number of allylic oxidation sites excluding steroid dienone is 1. The van der Waals surface area contributed by atoms with Gasteiger partial charge in [-0.05, 0) is 37.0 Å². The third-order valence-electron chi connectivity index (χ3n) is 5.67. The van der Waals surface area contributed by atoms with E-state index in [1.165, 1.54) is 40.7 Å². The van der Waals surface area contributed by atoms with Crippen molar-refractivity contribution in [1.29, 1.82) is 0 Å². The van der Waals surface area contributed by atoms with E-state index in [9.17, 15) is 28.7 Å². The number of benzene rings is 1. The molecule has 3 rings (SSSR count). The molecule has 1 amide bonds. The molecule has 1 aromatic carbocycles. The number of carboxylic acid groups (broad SMARTS) is 1. The molecule has 0 radical (unpaired) electrons. The zero-order valence-corrected chi connectivity index (χ0v) is 19.9. The first-order valence-electron chi connectivity index (χ1n) is 10.8. The Bertz CT molecular complexity index is 937. The highest BCUT2D eigenvalue weighted by Crippen LogP contribution is 2.42. The zero-order chi connectivity index (χ0) is 24.0. The number of carbonyl (C=O) groups is 4. The smallest absolute Gasteiger partial charge is 0.327 e. The molecule has 2 fully saturated rings. The number of Topliss-reactive ketones (excluding diaryl/α,β-unsaturated/α-hetero) is 1. The number of aldehydes is 1. The fraction of sp³-hybridized carbons (Fsp3) is 0.478. The van der Waals surface area contributed by atoms with Gasteiger partial charge in [0.2, 0.25) is 5.91 Å². The molecule has 0 spiro atoms. The van der Waals surface area contributed by atoms with E-state index in [1.807, 2.05) is 4.90 Å². The highest BCUT2D eigenvalue weighted by Gasteiger charge is 2.41. The van der Waals surface area contributed by atoms with Crippen LogP contribution in [0.5, 0.6) is 0 Å². The number of halogens is 1. The summed E-state index contributed by atoms with van der Waals surface area (Å²) in [5.74, 6) is -1.79. The van der Waals surface area contributed by atoms with E-state index in [4.69, 9.17) is 0 Å². The molecule has 3 atom stereocenters. The van der Waals surface area contributed by atoms with Crippen LogP contribution in [0.25, 0.3) is 0 Å².